The van der Waals surface area contributed by atoms with Gasteiger partial charge in [-0.05, 0) is 91.8 Å². The molecule has 3 heteroatoms. The van der Waals surface area contributed by atoms with Gasteiger partial charge in [-0.3, -0.25) is 0 Å². The summed E-state index contributed by atoms with van der Waals surface area (Å²) in [6.45, 7) is 7.28. The summed E-state index contributed by atoms with van der Waals surface area (Å²) in [5.41, 5.74) is 1.92. The van der Waals surface area contributed by atoms with Gasteiger partial charge >= 0.3 is 0 Å². The molecule has 8 atom stereocenters. The van der Waals surface area contributed by atoms with Gasteiger partial charge in [0.15, 0.2) is 0 Å². The van der Waals surface area contributed by atoms with Gasteiger partial charge in [-0.1, -0.05) is 20.8 Å². The average Bonchev–Trinajstić information content (AvgIpc) is 2.82. The first-order valence-electron chi connectivity index (χ1n) is 9.85. The topological polar surface area (TPSA) is 58.6 Å². The smallest absolute Gasteiger partial charge is 0.0596 e. The number of fused-ring (bicyclic) bond motifs is 5. The summed E-state index contributed by atoms with van der Waals surface area (Å²) in [5.74, 6) is 9.43. The van der Waals surface area contributed by atoms with E-state index < -0.39 is 0 Å². The quantitative estimate of drug-likeness (QED) is 0.525. The molecule has 4 fully saturated rings. The van der Waals surface area contributed by atoms with E-state index in [1.165, 1.54) is 44.2 Å². The van der Waals surface area contributed by atoms with Crippen LogP contribution in [0.3, 0.4) is 0 Å². The van der Waals surface area contributed by atoms with Crippen molar-refractivity contribution in [1.82, 2.24) is 0 Å². The minimum atomic E-state index is -0.0553. The van der Waals surface area contributed by atoms with Gasteiger partial charge in [0.1, 0.15) is 0 Å². The predicted molar refractivity (Wildman–Crippen MR) is 93.9 cm³/mol. The van der Waals surface area contributed by atoms with Crippen molar-refractivity contribution in [2.24, 2.45) is 51.4 Å². The molecule has 0 amide bonds. The van der Waals surface area contributed by atoms with Crippen molar-refractivity contribution in [3.8, 4) is 0 Å². The Morgan fingerprint density at radius 3 is 2.52 bits per heavy atom. The molecule has 0 heterocycles. The standard InChI is InChI=1S/C20H34N2O/c1-12-11-20(3)13(10-17(12)22-21)4-5-14-15-6-7-18(23)19(15,2)9-8-16(14)20/h12-16,18,23H,4-11,21H2,1-3H3/b22-17+/t12-,13-,14+,15+,16+,18+,19+,20+/m1/s1. The SMILES string of the molecule is C[C@@H]1C[C@@]2(C)[C@H](CC[C@@H]3[C@@H]2CC[C@]2(C)[C@@H](O)CC[C@@H]32)C/C1=N\N. The average molecular weight is 319 g/mol. The van der Waals surface area contributed by atoms with E-state index in [9.17, 15) is 5.11 Å². The van der Waals surface area contributed by atoms with Crippen LogP contribution >= 0.6 is 0 Å². The Labute approximate surface area is 141 Å². The lowest BCUT2D eigenvalue weighted by molar-refractivity contribution is -0.116. The lowest BCUT2D eigenvalue weighted by atomic mass is 9.44. The van der Waals surface area contributed by atoms with Crippen LogP contribution in [-0.2, 0) is 0 Å². The molecule has 0 aliphatic heterocycles. The van der Waals surface area contributed by atoms with Crippen LogP contribution in [0, 0.1) is 40.4 Å². The number of hydrogen-bond acceptors (Lipinski definition) is 3. The molecule has 23 heavy (non-hydrogen) atoms. The molecular weight excluding hydrogens is 284 g/mol. The summed E-state index contributed by atoms with van der Waals surface area (Å²) >= 11 is 0. The highest BCUT2D eigenvalue weighted by Crippen LogP contribution is 2.66. The molecule has 0 aromatic rings. The summed E-state index contributed by atoms with van der Waals surface area (Å²) in [6, 6.07) is 0. The molecule has 3 N–H and O–H groups in total. The Hall–Kier alpha value is -0.570. The van der Waals surface area contributed by atoms with E-state index in [1.807, 2.05) is 0 Å². The first kappa shape index (κ1) is 15.9. The van der Waals surface area contributed by atoms with Gasteiger partial charge in [0.25, 0.3) is 0 Å². The molecule has 130 valence electrons. The summed E-state index contributed by atoms with van der Waals surface area (Å²) in [5, 5.41) is 14.7. The second-order valence-corrected chi connectivity index (χ2v) is 9.72. The van der Waals surface area contributed by atoms with Gasteiger partial charge in [-0.2, -0.15) is 5.10 Å². The van der Waals surface area contributed by atoms with Gasteiger partial charge in [-0.25, -0.2) is 0 Å². The molecule has 0 aromatic carbocycles. The maximum atomic E-state index is 10.5. The monoisotopic (exact) mass is 318 g/mol. The van der Waals surface area contributed by atoms with E-state index in [0.29, 0.717) is 11.3 Å². The number of nitrogens with zero attached hydrogens (tertiary/aromatic N) is 1. The maximum absolute atomic E-state index is 10.5. The van der Waals surface area contributed by atoms with Crippen LogP contribution in [0.25, 0.3) is 0 Å². The molecule has 4 saturated carbocycles. The first-order valence-corrected chi connectivity index (χ1v) is 9.85. The Bertz CT molecular complexity index is 518. The van der Waals surface area contributed by atoms with Crippen LogP contribution in [0.4, 0.5) is 0 Å². The van der Waals surface area contributed by atoms with Crippen molar-refractivity contribution in [3.05, 3.63) is 0 Å². The first-order chi connectivity index (χ1) is 10.9. The van der Waals surface area contributed by atoms with Gasteiger partial charge < -0.3 is 10.9 Å². The minimum Gasteiger partial charge on any atom is -0.393 e. The zero-order valence-electron chi connectivity index (χ0n) is 15.1. The Kier molecular flexibility index (Phi) is 3.61. The van der Waals surface area contributed by atoms with Crippen molar-refractivity contribution in [3.63, 3.8) is 0 Å². The molecule has 3 nitrogen and oxygen atoms in total. The summed E-state index contributed by atoms with van der Waals surface area (Å²) in [6.07, 6.45) is 9.88. The fraction of sp³-hybridized carbons (Fsp3) is 0.950. The number of aliphatic hydroxyl groups excluding tert-OH is 1. The van der Waals surface area contributed by atoms with Gasteiger partial charge in [0.2, 0.25) is 0 Å². The lowest BCUT2D eigenvalue weighted by Crippen LogP contribution is -2.55. The molecule has 0 radical (unpaired) electrons. The molecular formula is C20H34N2O. The van der Waals surface area contributed by atoms with Crippen molar-refractivity contribution in [2.75, 3.05) is 0 Å². The van der Waals surface area contributed by atoms with E-state index in [0.717, 1.165) is 36.5 Å². The van der Waals surface area contributed by atoms with Gasteiger partial charge in [0.05, 0.1) is 6.10 Å². The molecule has 0 unspecified atom stereocenters. The molecule has 0 bridgehead atoms. The number of nitrogens with two attached hydrogens (primary N) is 1. The normalized spacial score (nSPS) is 57.7. The Morgan fingerprint density at radius 2 is 1.78 bits per heavy atom. The van der Waals surface area contributed by atoms with E-state index >= 15 is 0 Å². The number of hydrazone groups is 1. The molecule has 0 aromatic heterocycles. The highest BCUT2D eigenvalue weighted by Gasteiger charge is 2.60. The molecule has 0 spiro atoms. The Balaban J connectivity index is 1.63. The van der Waals surface area contributed by atoms with Crippen LogP contribution in [0.1, 0.15) is 72.1 Å². The van der Waals surface area contributed by atoms with E-state index in [1.54, 1.807) is 0 Å². The molecule has 4 aliphatic carbocycles. The zero-order chi connectivity index (χ0) is 16.4. The van der Waals surface area contributed by atoms with Crippen LogP contribution < -0.4 is 5.84 Å². The summed E-state index contributed by atoms with van der Waals surface area (Å²) in [7, 11) is 0. The minimum absolute atomic E-state index is 0.0553. The fourth-order valence-electron chi connectivity index (χ4n) is 7.57. The zero-order valence-corrected chi connectivity index (χ0v) is 15.1. The third-order valence-electron chi connectivity index (χ3n) is 8.95. The maximum Gasteiger partial charge on any atom is 0.0596 e. The van der Waals surface area contributed by atoms with Gasteiger partial charge in [0, 0.05) is 5.71 Å². The molecule has 4 aliphatic rings. The second-order valence-electron chi connectivity index (χ2n) is 9.72. The van der Waals surface area contributed by atoms with Crippen LogP contribution in [-0.4, -0.2) is 16.9 Å². The molecule has 4 rings (SSSR count). The van der Waals surface area contributed by atoms with Crippen molar-refractivity contribution in [2.45, 2.75) is 78.2 Å². The molecule has 0 saturated heterocycles. The van der Waals surface area contributed by atoms with Crippen molar-refractivity contribution in [1.29, 1.82) is 0 Å². The van der Waals surface area contributed by atoms with Crippen molar-refractivity contribution < 1.29 is 5.11 Å². The van der Waals surface area contributed by atoms with Crippen LogP contribution in [0.2, 0.25) is 0 Å². The summed E-state index contributed by atoms with van der Waals surface area (Å²) < 4.78 is 0. The fourth-order valence-corrected chi connectivity index (χ4v) is 7.57. The Morgan fingerprint density at radius 1 is 1.04 bits per heavy atom. The third-order valence-corrected chi connectivity index (χ3v) is 8.95. The van der Waals surface area contributed by atoms with E-state index in [2.05, 4.69) is 25.9 Å². The van der Waals surface area contributed by atoms with E-state index in [-0.39, 0.29) is 11.5 Å². The highest BCUT2D eigenvalue weighted by atomic mass is 16.3. The number of hydrogen-bond donors (Lipinski definition) is 2. The van der Waals surface area contributed by atoms with Gasteiger partial charge in [-0.15, -0.1) is 0 Å². The van der Waals surface area contributed by atoms with Crippen molar-refractivity contribution >= 4 is 5.71 Å². The van der Waals surface area contributed by atoms with Crippen LogP contribution in [0.15, 0.2) is 5.10 Å². The van der Waals surface area contributed by atoms with Crippen LogP contribution in [0.5, 0.6) is 0 Å². The highest BCUT2D eigenvalue weighted by molar-refractivity contribution is 5.87. The third kappa shape index (κ3) is 2.08. The number of rotatable bonds is 0. The second kappa shape index (κ2) is 5.21. The van der Waals surface area contributed by atoms with E-state index in [4.69, 9.17) is 5.84 Å². The lowest BCUT2D eigenvalue weighted by Gasteiger charge is -2.61. The number of aliphatic hydroxyl groups is 1. The predicted octanol–water partition coefficient (Wildman–Crippen LogP) is 3.95. The summed E-state index contributed by atoms with van der Waals surface area (Å²) in [4.78, 5) is 0. The largest absolute Gasteiger partial charge is 0.393 e.